The maximum absolute atomic E-state index is 10.0. The lowest BCUT2D eigenvalue weighted by molar-refractivity contribution is 0.0293. The summed E-state index contributed by atoms with van der Waals surface area (Å²) < 4.78 is 9.66. The fourth-order valence-electron chi connectivity index (χ4n) is 0.597. The zero-order valence-corrected chi connectivity index (χ0v) is 6.66. The predicted molar refractivity (Wildman–Crippen MR) is 38.7 cm³/mol. The molecule has 0 fully saturated rings. The van der Waals surface area contributed by atoms with Gasteiger partial charge < -0.3 is 19.9 Å². The summed E-state index contributed by atoms with van der Waals surface area (Å²) in [6.07, 6.45) is -1.26. The average molecular weight is 163 g/mol. The number of amides is 1. The van der Waals surface area contributed by atoms with E-state index in [1.165, 1.54) is 14.2 Å². The van der Waals surface area contributed by atoms with Crippen LogP contribution in [0, 0.1) is 0 Å². The van der Waals surface area contributed by atoms with Crippen LogP contribution in [0.15, 0.2) is 0 Å². The highest BCUT2D eigenvalue weighted by Gasteiger charge is 2.06. The molecule has 0 aromatic carbocycles. The van der Waals surface area contributed by atoms with Gasteiger partial charge in [0.2, 0.25) is 0 Å². The topological polar surface area (TPSA) is 67.8 Å². The normalized spacial score (nSPS) is 12.5. The Hall–Kier alpha value is -0.810. The molecule has 0 spiro atoms. The van der Waals surface area contributed by atoms with Crippen molar-refractivity contribution in [2.24, 2.45) is 0 Å². The molecular weight excluding hydrogens is 150 g/mol. The minimum absolute atomic E-state index is 0.212. The number of nitrogens with one attached hydrogen (secondary N) is 1. The zero-order chi connectivity index (χ0) is 8.69. The van der Waals surface area contributed by atoms with Gasteiger partial charge in [-0.3, -0.25) is 0 Å². The summed E-state index contributed by atoms with van der Waals surface area (Å²) in [6.45, 7) is 0.635. The van der Waals surface area contributed by atoms with Crippen LogP contribution in [0.25, 0.3) is 0 Å². The first-order valence-corrected chi connectivity index (χ1v) is 3.19. The second-order valence-electron chi connectivity index (χ2n) is 2.00. The molecule has 0 aliphatic rings. The van der Waals surface area contributed by atoms with E-state index < -0.39 is 6.09 Å². The van der Waals surface area contributed by atoms with Crippen LogP contribution < -0.4 is 5.32 Å². The fourth-order valence-corrected chi connectivity index (χ4v) is 0.597. The Morgan fingerprint density at radius 2 is 2.27 bits per heavy atom. The van der Waals surface area contributed by atoms with Crippen molar-refractivity contribution in [1.82, 2.24) is 5.32 Å². The highest BCUT2D eigenvalue weighted by molar-refractivity contribution is 5.64. The van der Waals surface area contributed by atoms with Crippen molar-refractivity contribution < 1.29 is 19.4 Å². The van der Waals surface area contributed by atoms with Crippen molar-refractivity contribution in [3.63, 3.8) is 0 Å². The predicted octanol–water partition coefficient (Wildman–Crippen LogP) is -0.0846. The summed E-state index contributed by atoms with van der Waals surface area (Å²) >= 11 is 0. The third-order valence-corrected chi connectivity index (χ3v) is 1.17. The van der Waals surface area contributed by atoms with Crippen molar-refractivity contribution in [3.05, 3.63) is 0 Å². The molecule has 0 bridgehead atoms. The standard InChI is InChI=1S/C6H13NO4/c1-10-4-5(11-2)3-7-6(8)9/h5,7H,3-4H2,1-2H3,(H,8,9)/t5-/m1/s1. The highest BCUT2D eigenvalue weighted by atomic mass is 16.5. The van der Waals surface area contributed by atoms with Gasteiger partial charge in [-0.15, -0.1) is 0 Å². The summed E-state index contributed by atoms with van der Waals surface area (Å²) in [5.74, 6) is 0. The van der Waals surface area contributed by atoms with E-state index in [0.29, 0.717) is 6.61 Å². The van der Waals surface area contributed by atoms with Gasteiger partial charge in [0.25, 0.3) is 0 Å². The molecule has 0 aliphatic carbocycles. The van der Waals surface area contributed by atoms with Crippen molar-refractivity contribution in [1.29, 1.82) is 0 Å². The smallest absolute Gasteiger partial charge is 0.404 e. The minimum atomic E-state index is -1.05. The van der Waals surface area contributed by atoms with Gasteiger partial charge in [0.15, 0.2) is 0 Å². The van der Waals surface area contributed by atoms with Crippen LogP contribution in [0.1, 0.15) is 0 Å². The van der Waals surface area contributed by atoms with E-state index in [2.05, 4.69) is 5.32 Å². The molecule has 1 amide bonds. The molecule has 0 unspecified atom stereocenters. The van der Waals surface area contributed by atoms with E-state index in [1.54, 1.807) is 0 Å². The monoisotopic (exact) mass is 163 g/mol. The fraction of sp³-hybridized carbons (Fsp3) is 0.833. The Labute approximate surface area is 65.3 Å². The molecule has 0 saturated carbocycles. The van der Waals surface area contributed by atoms with Crippen LogP contribution in [-0.4, -0.2) is 44.7 Å². The lowest BCUT2D eigenvalue weighted by Crippen LogP contribution is -2.34. The Balaban J connectivity index is 3.43. The third kappa shape index (κ3) is 5.63. The Morgan fingerprint density at radius 1 is 1.64 bits per heavy atom. The van der Waals surface area contributed by atoms with Crippen molar-refractivity contribution in [2.75, 3.05) is 27.4 Å². The number of hydrogen-bond acceptors (Lipinski definition) is 3. The van der Waals surface area contributed by atoms with E-state index >= 15 is 0 Å². The second kappa shape index (κ2) is 5.94. The highest BCUT2D eigenvalue weighted by Crippen LogP contribution is 1.87. The molecule has 11 heavy (non-hydrogen) atoms. The van der Waals surface area contributed by atoms with E-state index in [-0.39, 0.29) is 12.6 Å². The van der Waals surface area contributed by atoms with Crippen LogP contribution in [0.5, 0.6) is 0 Å². The van der Waals surface area contributed by atoms with Crippen LogP contribution in [0.2, 0.25) is 0 Å². The summed E-state index contributed by atoms with van der Waals surface area (Å²) in [5.41, 5.74) is 0. The number of hydrogen-bond donors (Lipinski definition) is 2. The summed E-state index contributed by atoms with van der Waals surface area (Å²) in [4.78, 5) is 10.0. The number of carbonyl (C=O) groups is 1. The number of carboxylic acid groups (broad SMARTS) is 1. The Kier molecular flexibility index (Phi) is 5.50. The van der Waals surface area contributed by atoms with Gasteiger partial charge in [-0.2, -0.15) is 0 Å². The van der Waals surface area contributed by atoms with E-state index in [4.69, 9.17) is 14.6 Å². The number of ether oxygens (including phenoxy) is 2. The van der Waals surface area contributed by atoms with Gasteiger partial charge >= 0.3 is 6.09 Å². The summed E-state index contributed by atoms with van der Waals surface area (Å²) in [6, 6.07) is 0. The van der Waals surface area contributed by atoms with Crippen molar-refractivity contribution >= 4 is 6.09 Å². The summed E-state index contributed by atoms with van der Waals surface area (Å²) in [5, 5.41) is 10.4. The maximum atomic E-state index is 10.0. The van der Waals surface area contributed by atoms with E-state index in [1.807, 2.05) is 0 Å². The Bertz CT molecular complexity index is 117. The van der Waals surface area contributed by atoms with Gasteiger partial charge in [-0.1, -0.05) is 0 Å². The lowest BCUT2D eigenvalue weighted by atomic mass is 10.4. The summed E-state index contributed by atoms with van der Waals surface area (Å²) in [7, 11) is 3.04. The molecule has 1 atom stereocenters. The van der Waals surface area contributed by atoms with Crippen LogP contribution in [0.3, 0.4) is 0 Å². The first-order chi connectivity index (χ1) is 5.20. The molecule has 0 aliphatic heterocycles. The largest absolute Gasteiger partial charge is 0.465 e. The van der Waals surface area contributed by atoms with Gasteiger partial charge in [-0.25, -0.2) is 4.79 Å². The molecule has 0 heterocycles. The van der Waals surface area contributed by atoms with Crippen molar-refractivity contribution in [3.8, 4) is 0 Å². The molecule has 0 saturated heterocycles. The minimum Gasteiger partial charge on any atom is -0.465 e. The quantitative estimate of drug-likeness (QED) is 0.594. The molecule has 0 radical (unpaired) electrons. The zero-order valence-electron chi connectivity index (χ0n) is 6.66. The first kappa shape index (κ1) is 10.2. The van der Waals surface area contributed by atoms with Crippen LogP contribution in [-0.2, 0) is 9.47 Å². The number of rotatable bonds is 5. The molecule has 2 N–H and O–H groups in total. The average Bonchev–Trinajstić information content (AvgIpc) is 1.97. The van der Waals surface area contributed by atoms with Gasteiger partial charge in [-0.05, 0) is 0 Å². The molecule has 0 aromatic rings. The second-order valence-corrected chi connectivity index (χ2v) is 2.00. The molecular formula is C6H13NO4. The van der Waals surface area contributed by atoms with E-state index in [9.17, 15) is 4.79 Å². The maximum Gasteiger partial charge on any atom is 0.404 e. The van der Waals surface area contributed by atoms with Crippen LogP contribution >= 0.6 is 0 Å². The molecule has 66 valence electrons. The Morgan fingerprint density at radius 3 is 2.64 bits per heavy atom. The van der Waals surface area contributed by atoms with Crippen LogP contribution in [0.4, 0.5) is 4.79 Å². The van der Waals surface area contributed by atoms with Gasteiger partial charge in [0.1, 0.15) is 0 Å². The van der Waals surface area contributed by atoms with Gasteiger partial charge in [0, 0.05) is 20.8 Å². The lowest BCUT2D eigenvalue weighted by Gasteiger charge is -2.13. The van der Waals surface area contributed by atoms with Crippen molar-refractivity contribution in [2.45, 2.75) is 6.10 Å². The van der Waals surface area contributed by atoms with E-state index in [0.717, 1.165) is 0 Å². The third-order valence-electron chi connectivity index (χ3n) is 1.17. The molecule has 0 rings (SSSR count). The molecule has 5 nitrogen and oxygen atoms in total. The molecule has 5 heteroatoms. The molecule has 0 aromatic heterocycles. The van der Waals surface area contributed by atoms with Gasteiger partial charge in [0.05, 0.1) is 12.7 Å². The first-order valence-electron chi connectivity index (χ1n) is 3.19. The number of methoxy groups -OCH3 is 2. The SMILES string of the molecule is COC[C@@H](CNC(=O)O)OC.